The maximum atomic E-state index is 8.71. The van der Waals surface area contributed by atoms with E-state index in [1.807, 2.05) is 19.1 Å². The van der Waals surface area contributed by atoms with E-state index in [1.165, 1.54) is 0 Å². The minimum atomic E-state index is 0.0132. The van der Waals surface area contributed by atoms with Crippen molar-refractivity contribution in [3.8, 4) is 11.5 Å². The summed E-state index contributed by atoms with van der Waals surface area (Å²) < 4.78 is 10.4. The number of methoxy groups -OCH3 is 2. The van der Waals surface area contributed by atoms with E-state index in [1.54, 1.807) is 26.4 Å². The number of ether oxygens (including phenoxy) is 2. The molecule has 0 bridgehead atoms. The van der Waals surface area contributed by atoms with Gasteiger partial charge in [-0.1, -0.05) is 12.2 Å². The van der Waals surface area contributed by atoms with Gasteiger partial charge in [-0.15, -0.1) is 0 Å². The topological polar surface area (TPSA) is 38.7 Å². The molecule has 3 nitrogen and oxygen atoms in total. The second-order valence-electron chi connectivity index (χ2n) is 3.15. The smallest absolute Gasteiger partial charge is 0.126 e. The number of hydrogen-bond donors (Lipinski definition) is 1. The number of aliphatic hydroxyl groups is 1. The zero-order valence-electron chi connectivity index (χ0n) is 9.28. The first-order chi connectivity index (χ1) is 7.22. The summed E-state index contributed by atoms with van der Waals surface area (Å²) in [6.45, 7) is 1.97. The maximum Gasteiger partial charge on any atom is 0.126 e. The van der Waals surface area contributed by atoms with E-state index in [-0.39, 0.29) is 6.61 Å². The molecule has 1 rings (SSSR count). The van der Waals surface area contributed by atoms with Crippen LogP contribution in [-0.4, -0.2) is 25.9 Å². The average Bonchev–Trinajstić information content (AvgIpc) is 2.26. The highest BCUT2D eigenvalue weighted by atomic mass is 16.5. The minimum absolute atomic E-state index is 0.0132. The van der Waals surface area contributed by atoms with Crippen molar-refractivity contribution in [2.45, 2.75) is 6.92 Å². The van der Waals surface area contributed by atoms with Crippen LogP contribution in [0.1, 0.15) is 11.1 Å². The summed E-state index contributed by atoms with van der Waals surface area (Å²) in [4.78, 5) is 0. The van der Waals surface area contributed by atoms with Gasteiger partial charge < -0.3 is 14.6 Å². The van der Waals surface area contributed by atoms with Crippen LogP contribution in [0, 0.1) is 6.92 Å². The van der Waals surface area contributed by atoms with Gasteiger partial charge in [0.1, 0.15) is 11.5 Å². The Morgan fingerprint density at radius 1 is 1.20 bits per heavy atom. The third kappa shape index (κ3) is 2.73. The Labute approximate surface area is 90.0 Å². The quantitative estimate of drug-likeness (QED) is 0.822. The zero-order chi connectivity index (χ0) is 11.3. The van der Waals surface area contributed by atoms with Gasteiger partial charge in [-0.3, -0.25) is 0 Å². The lowest BCUT2D eigenvalue weighted by Crippen LogP contribution is -1.92. The van der Waals surface area contributed by atoms with Crippen molar-refractivity contribution in [1.29, 1.82) is 0 Å². The standard InChI is InChI=1S/C12H16O3/c1-9-7-12(15-3)10(5-4-6-13)8-11(9)14-2/h4-5,7-8,13H,6H2,1-3H3/b5-4+. The van der Waals surface area contributed by atoms with E-state index >= 15 is 0 Å². The molecular weight excluding hydrogens is 192 g/mol. The van der Waals surface area contributed by atoms with Gasteiger partial charge in [-0.2, -0.15) is 0 Å². The number of hydrogen-bond acceptors (Lipinski definition) is 3. The zero-order valence-corrected chi connectivity index (χ0v) is 9.28. The number of rotatable bonds is 4. The third-order valence-corrected chi connectivity index (χ3v) is 2.15. The van der Waals surface area contributed by atoms with Crippen molar-refractivity contribution >= 4 is 6.08 Å². The summed E-state index contributed by atoms with van der Waals surface area (Å²) in [7, 11) is 3.26. The molecule has 0 amide bonds. The molecule has 3 heteroatoms. The fourth-order valence-corrected chi connectivity index (χ4v) is 1.38. The summed E-state index contributed by atoms with van der Waals surface area (Å²) in [5.74, 6) is 1.59. The van der Waals surface area contributed by atoms with Crippen LogP contribution in [0.25, 0.3) is 6.08 Å². The highest BCUT2D eigenvalue weighted by Crippen LogP contribution is 2.28. The van der Waals surface area contributed by atoms with Crippen LogP contribution in [0.5, 0.6) is 11.5 Å². The fourth-order valence-electron chi connectivity index (χ4n) is 1.38. The predicted octanol–water partition coefficient (Wildman–Crippen LogP) is 2.02. The van der Waals surface area contributed by atoms with Gasteiger partial charge in [0.25, 0.3) is 0 Å². The van der Waals surface area contributed by atoms with Crippen LogP contribution in [-0.2, 0) is 0 Å². The Morgan fingerprint density at radius 2 is 1.87 bits per heavy atom. The van der Waals surface area contributed by atoms with Crippen molar-refractivity contribution in [2.75, 3.05) is 20.8 Å². The molecule has 15 heavy (non-hydrogen) atoms. The number of aryl methyl sites for hydroxylation is 1. The molecule has 0 unspecified atom stereocenters. The van der Waals surface area contributed by atoms with Crippen molar-refractivity contribution < 1.29 is 14.6 Å². The normalized spacial score (nSPS) is 10.7. The molecule has 0 aliphatic heterocycles. The summed E-state index contributed by atoms with van der Waals surface area (Å²) >= 11 is 0. The van der Waals surface area contributed by atoms with Gasteiger partial charge in [0.2, 0.25) is 0 Å². The molecule has 1 N–H and O–H groups in total. The largest absolute Gasteiger partial charge is 0.496 e. The van der Waals surface area contributed by atoms with Gasteiger partial charge in [0.05, 0.1) is 20.8 Å². The van der Waals surface area contributed by atoms with Crippen molar-refractivity contribution in [3.63, 3.8) is 0 Å². The van der Waals surface area contributed by atoms with Gasteiger partial charge in [-0.05, 0) is 24.6 Å². The molecule has 0 saturated heterocycles. The minimum Gasteiger partial charge on any atom is -0.496 e. The van der Waals surface area contributed by atoms with E-state index in [2.05, 4.69) is 0 Å². The van der Waals surface area contributed by atoms with Gasteiger partial charge >= 0.3 is 0 Å². The van der Waals surface area contributed by atoms with E-state index in [0.717, 1.165) is 22.6 Å². The highest BCUT2D eigenvalue weighted by molar-refractivity contribution is 5.61. The predicted molar refractivity (Wildman–Crippen MR) is 60.4 cm³/mol. The first-order valence-corrected chi connectivity index (χ1v) is 4.73. The SMILES string of the molecule is COc1cc(/C=C/CO)c(OC)cc1C. The van der Waals surface area contributed by atoms with Crippen molar-refractivity contribution in [2.24, 2.45) is 0 Å². The Hall–Kier alpha value is -1.48. The third-order valence-electron chi connectivity index (χ3n) is 2.15. The van der Waals surface area contributed by atoms with Crippen LogP contribution >= 0.6 is 0 Å². The first kappa shape index (κ1) is 11.6. The molecule has 1 aromatic carbocycles. The Morgan fingerprint density at radius 3 is 2.40 bits per heavy atom. The van der Waals surface area contributed by atoms with E-state index in [9.17, 15) is 0 Å². The van der Waals surface area contributed by atoms with E-state index in [0.29, 0.717) is 0 Å². The Kier molecular flexibility index (Phi) is 4.18. The molecular formula is C12H16O3. The molecule has 0 atom stereocenters. The van der Waals surface area contributed by atoms with Gasteiger partial charge in [0, 0.05) is 5.56 Å². The lowest BCUT2D eigenvalue weighted by molar-refractivity contribution is 0.343. The molecule has 1 aromatic rings. The molecule has 0 aliphatic carbocycles. The van der Waals surface area contributed by atoms with E-state index in [4.69, 9.17) is 14.6 Å². The number of aliphatic hydroxyl groups excluding tert-OH is 1. The molecule has 82 valence electrons. The second-order valence-corrected chi connectivity index (χ2v) is 3.15. The van der Waals surface area contributed by atoms with Crippen LogP contribution in [0.15, 0.2) is 18.2 Å². The van der Waals surface area contributed by atoms with Crippen LogP contribution < -0.4 is 9.47 Å². The van der Waals surface area contributed by atoms with Crippen molar-refractivity contribution in [3.05, 3.63) is 29.3 Å². The summed E-state index contributed by atoms with van der Waals surface area (Å²) in [6.07, 6.45) is 3.47. The fraction of sp³-hybridized carbons (Fsp3) is 0.333. The van der Waals surface area contributed by atoms with Gasteiger partial charge in [0.15, 0.2) is 0 Å². The summed E-state index contributed by atoms with van der Waals surface area (Å²) in [5, 5.41) is 8.71. The second kappa shape index (κ2) is 5.41. The molecule has 0 heterocycles. The number of benzene rings is 1. The molecule has 0 spiro atoms. The molecule has 0 aliphatic rings. The Bertz CT molecular complexity index is 356. The molecule has 0 radical (unpaired) electrons. The van der Waals surface area contributed by atoms with Crippen LogP contribution in [0.4, 0.5) is 0 Å². The van der Waals surface area contributed by atoms with Gasteiger partial charge in [-0.25, -0.2) is 0 Å². The molecule has 0 fully saturated rings. The maximum absolute atomic E-state index is 8.71. The van der Waals surface area contributed by atoms with Crippen LogP contribution in [0.2, 0.25) is 0 Å². The monoisotopic (exact) mass is 208 g/mol. The summed E-state index contributed by atoms with van der Waals surface area (Å²) in [6, 6.07) is 3.80. The first-order valence-electron chi connectivity index (χ1n) is 4.73. The Balaban J connectivity index is 3.16. The highest BCUT2D eigenvalue weighted by Gasteiger charge is 2.05. The molecule has 0 saturated carbocycles. The lowest BCUT2D eigenvalue weighted by Gasteiger charge is -2.10. The van der Waals surface area contributed by atoms with E-state index < -0.39 is 0 Å². The average molecular weight is 208 g/mol. The van der Waals surface area contributed by atoms with Crippen molar-refractivity contribution in [1.82, 2.24) is 0 Å². The summed E-state index contributed by atoms with van der Waals surface area (Å²) in [5.41, 5.74) is 1.92. The molecule has 0 aromatic heterocycles. The van der Waals surface area contributed by atoms with Crippen LogP contribution in [0.3, 0.4) is 0 Å². The lowest BCUT2D eigenvalue weighted by atomic mass is 10.1.